The number of rotatable bonds is 0. The molecule has 0 aliphatic rings. The molecule has 80 valence electrons. The quantitative estimate of drug-likeness (QED) is 0.714. The Hall–Kier alpha value is -1.37. The number of hydrogen-bond donors (Lipinski definition) is 1. The van der Waals surface area contributed by atoms with Gasteiger partial charge in [0.2, 0.25) is 0 Å². The normalized spacial score (nSPS) is 12.3. The van der Waals surface area contributed by atoms with Gasteiger partial charge in [-0.15, -0.1) is 11.3 Å². The number of nitrogens with zero attached hydrogens (tertiary/aromatic N) is 1. The van der Waals surface area contributed by atoms with Crippen LogP contribution in [0.4, 0.5) is 17.6 Å². The smallest absolute Gasteiger partial charge is 0.443 e. The molecular formula is C8H3F4NOS. The van der Waals surface area contributed by atoms with Crippen LogP contribution in [0, 0.1) is 5.82 Å². The van der Waals surface area contributed by atoms with Crippen LogP contribution in [-0.4, -0.2) is 10.1 Å². The molecule has 15 heavy (non-hydrogen) atoms. The highest BCUT2D eigenvalue weighted by Crippen LogP contribution is 2.39. The number of thiazole rings is 1. The van der Waals surface area contributed by atoms with Crippen molar-refractivity contribution in [3.05, 3.63) is 23.0 Å². The zero-order valence-corrected chi connectivity index (χ0v) is 7.79. The molecule has 2 rings (SSSR count). The second-order valence-electron chi connectivity index (χ2n) is 2.76. The predicted octanol–water partition coefficient (Wildman–Crippen LogP) is 3.16. The van der Waals surface area contributed by atoms with E-state index >= 15 is 0 Å². The molecule has 2 nitrogen and oxygen atoms in total. The maximum absolute atomic E-state index is 12.8. The van der Waals surface area contributed by atoms with Gasteiger partial charge >= 0.3 is 6.18 Å². The number of aromatic nitrogens is 1. The third-order valence-electron chi connectivity index (χ3n) is 1.72. The fourth-order valence-electron chi connectivity index (χ4n) is 1.08. The lowest BCUT2D eigenvalue weighted by molar-refractivity contribution is -0.137. The zero-order chi connectivity index (χ0) is 11.2. The monoisotopic (exact) mass is 237 g/mol. The third kappa shape index (κ3) is 1.63. The number of benzene rings is 1. The Labute approximate surface area is 84.8 Å². The lowest BCUT2D eigenvalue weighted by Crippen LogP contribution is -2.03. The first-order valence-corrected chi connectivity index (χ1v) is 4.56. The Kier molecular flexibility index (Phi) is 2.07. The molecule has 0 saturated heterocycles. The number of halogens is 4. The van der Waals surface area contributed by atoms with Crippen molar-refractivity contribution >= 4 is 21.6 Å². The zero-order valence-electron chi connectivity index (χ0n) is 6.97. The van der Waals surface area contributed by atoms with Gasteiger partial charge in [-0.2, -0.15) is 13.2 Å². The highest BCUT2D eigenvalue weighted by molar-refractivity contribution is 7.19. The van der Waals surface area contributed by atoms with Crippen LogP contribution >= 0.6 is 11.3 Å². The third-order valence-corrected chi connectivity index (χ3v) is 2.85. The molecule has 0 saturated carbocycles. The summed E-state index contributed by atoms with van der Waals surface area (Å²) in [6.07, 6.45) is -4.58. The largest absolute Gasteiger partial charge is 0.504 e. The van der Waals surface area contributed by atoms with Crippen molar-refractivity contribution in [3.8, 4) is 5.75 Å². The summed E-state index contributed by atoms with van der Waals surface area (Å²) in [7, 11) is 0. The number of aromatic hydroxyl groups is 1. The number of phenols is 1. The molecule has 1 aromatic heterocycles. The van der Waals surface area contributed by atoms with Gasteiger partial charge in [-0.3, -0.25) is 0 Å². The van der Waals surface area contributed by atoms with Gasteiger partial charge in [0, 0.05) is 0 Å². The fraction of sp³-hybridized carbons (Fsp3) is 0.125. The molecule has 0 fully saturated rings. The van der Waals surface area contributed by atoms with Gasteiger partial charge in [0.1, 0.15) is 0 Å². The maximum Gasteiger partial charge on any atom is 0.443 e. The molecule has 1 N–H and O–H groups in total. The number of hydrogen-bond acceptors (Lipinski definition) is 3. The van der Waals surface area contributed by atoms with Gasteiger partial charge < -0.3 is 5.11 Å². The molecule has 0 atom stereocenters. The number of alkyl halides is 3. The van der Waals surface area contributed by atoms with Crippen molar-refractivity contribution in [3.63, 3.8) is 0 Å². The second kappa shape index (κ2) is 3.06. The van der Waals surface area contributed by atoms with E-state index in [0.29, 0.717) is 0 Å². The van der Waals surface area contributed by atoms with E-state index in [2.05, 4.69) is 4.98 Å². The van der Waals surface area contributed by atoms with Gasteiger partial charge in [-0.05, 0) is 12.1 Å². The van der Waals surface area contributed by atoms with Gasteiger partial charge in [-0.25, -0.2) is 9.37 Å². The van der Waals surface area contributed by atoms with Gasteiger partial charge in [0.15, 0.2) is 16.6 Å². The van der Waals surface area contributed by atoms with E-state index in [4.69, 9.17) is 5.11 Å². The van der Waals surface area contributed by atoms with Crippen LogP contribution in [0.25, 0.3) is 10.2 Å². The predicted molar refractivity (Wildman–Crippen MR) is 46.2 cm³/mol. The van der Waals surface area contributed by atoms with Crippen LogP contribution in [0.15, 0.2) is 12.1 Å². The van der Waals surface area contributed by atoms with E-state index in [1.807, 2.05) is 0 Å². The first-order chi connectivity index (χ1) is 6.89. The summed E-state index contributed by atoms with van der Waals surface area (Å²) in [5.41, 5.74) is -0.0637. The molecule has 0 bridgehead atoms. The van der Waals surface area contributed by atoms with Crippen molar-refractivity contribution in [2.45, 2.75) is 6.18 Å². The number of fused-ring (bicyclic) bond motifs is 1. The summed E-state index contributed by atoms with van der Waals surface area (Å²) >= 11 is 0.219. The molecule has 2 aromatic rings. The SMILES string of the molecule is Oc1c(F)ccc2nc(C(F)(F)F)sc12. The summed E-state index contributed by atoms with van der Waals surface area (Å²) in [6.45, 7) is 0. The summed E-state index contributed by atoms with van der Waals surface area (Å²) in [5.74, 6) is -1.75. The Morgan fingerprint density at radius 3 is 2.53 bits per heavy atom. The van der Waals surface area contributed by atoms with E-state index in [0.717, 1.165) is 12.1 Å². The van der Waals surface area contributed by atoms with Crippen LogP contribution in [0.2, 0.25) is 0 Å². The summed E-state index contributed by atoms with van der Waals surface area (Å²) in [6, 6.07) is 1.97. The van der Waals surface area contributed by atoms with Crippen LogP contribution < -0.4 is 0 Å². The van der Waals surface area contributed by atoms with E-state index in [1.54, 1.807) is 0 Å². The van der Waals surface area contributed by atoms with Crippen LogP contribution in [0.3, 0.4) is 0 Å². The summed E-state index contributed by atoms with van der Waals surface area (Å²) in [4.78, 5) is 3.25. The molecule has 0 spiro atoms. The molecule has 0 unspecified atom stereocenters. The van der Waals surface area contributed by atoms with Crippen molar-refractivity contribution in [1.29, 1.82) is 0 Å². The standard InChI is InChI=1S/C8H3F4NOS/c9-3-1-2-4-6(5(3)14)15-7(13-4)8(10,11)12/h1-2,14H. The van der Waals surface area contributed by atoms with Gasteiger partial charge in [0.05, 0.1) is 10.2 Å². The minimum absolute atomic E-state index is 0.0637. The average Bonchev–Trinajstić information content (AvgIpc) is 2.55. The summed E-state index contributed by atoms with van der Waals surface area (Å²) in [5, 5.41) is 8.07. The van der Waals surface area contributed by atoms with E-state index in [1.165, 1.54) is 0 Å². The molecule has 0 aliphatic heterocycles. The first-order valence-electron chi connectivity index (χ1n) is 3.75. The van der Waals surface area contributed by atoms with Crippen LogP contribution in [0.5, 0.6) is 5.75 Å². The Balaban J connectivity index is 2.72. The average molecular weight is 237 g/mol. The lowest BCUT2D eigenvalue weighted by atomic mass is 10.3. The topological polar surface area (TPSA) is 33.1 Å². The van der Waals surface area contributed by atoms with Crippen LogP contribution in [0.1, 0.15) is 5.01 Å². The number of phenolic OH excluding ortho intramolecular Hbond substituents is 1. The van der Waals surface area contributed by atoms with Crippen molar-refractivity contribution in [1.82, 2.24) is 4.98 Å². The molecule has 1 aromatic carbocycles. The molecular weight excluding hydrogens is 234 g/mol. The Bertz CT molecular complexity index is 519. The Morgan fingerprint density at radius 1 is 1.27 bits per heavy atom. The maximum atomic E-state index is 12.8. The van der Waals surface area contributed by atoms with E-state index in [9.17, 15) is 17.6 Å². The Morgan fingerprint density at radius 2 is 1.93 bits per heavy atom. The molecule has 0 radical (unpaired) electrons. The van der Waals surface area contributed by atoms with Gasteiger partial charge in [-0.1, -0.05) is 0 Å². The molecule has 0 amide bonds. The van der Waals surface area contributed by atoms with Crippen molar-refractivity contribution < 1.29 is 22.7 Å². The van der Waals surface area contributed by atoms with E-state index in [-0.39, 0.29) is 21.6 Å². The van der Waals surface area contributed by atoms with Crippen molar-refractivity contribution in [2.24, 2.45) is 0 Å². The van der Waals surface area contributed by atoms with Crippen LogP contribution in [-0.2, 0) is 6.18 Å². The van der Waals surface area contributed by atoms with E-state index < -0.39 is 22.8 Å². The minimum Gasteiger partial charge on any atom is -0.504 e. The molecule has 7 heteroatoms. The molecule has 0 aliphatic carbocycles. The lowest BCUT2D eigenvalue weighted by Gasteiger charge is -1.98. The molecule has 1 heterocycles. The highest BCUT2D eigenvalue weighted by atomic mass is 32.1. The first kappa shape index (κ1) is 10.2. The second-order valence-corrected chi connectivity index (χ2v) is 3.76. The van der Waals surface area contributed by atoms with Gasteiger partial charge in [0.25, 0.3) is 0 Å². The van der Waals surface area contributed by atoms with Crippen molar-refractivity contribution in [2.75, 3.05) is 0 Å². The summed E-state index contributed by atoms with van der Waals surface area (Å²) < 4.78 is 49.3. The fourth-order valence-corrected chi connectivity index (χ4v) is 1.94. The highest BCUT2D eigenvalue weighted by Gasteiger charge is 2.35. The minimum atomic E-state index is -4.58.